The van der Waals surface area contributed by atoms with Crippen LogP contribution in [-0.4, -0.2) is 10.1 Å². The molecule has 0 aliphatic rings. The molecule has 1 heterocycles. The minimum Gasteiger partial charge on any atom is -0.507 e. The van der Waals surface area contributed by atoms with E-state index in [9.17, 15) is 9.90 Å². The van der Waals surface area contributed by atoms with Gasteiger partial charge in [-0.15, -0.1) is 0 Å². The Kier molecular flexibility index (Phi) is 2.99. The topological polar surface area (TPSA) is 53.1 Å². The van der Waals surface area contributed by atoms with Crippen LogP contribution in [0, 0.1) is 0 Å². The van der Waals surface area contributed by atoms with Crippen molar-refractivity contribution >= 4 is 0 Å². The first-order valence-electron chi connectivity index (χ1n) is 5.91. The molecule has 0 fully saturated rings. The maximum atomic E-state index is 11.8. The quantitative estimate of drug-likeness (QED) is 0.808. The third-order valence-electron chi connectivity index (χ3n) is 2.97. The number of nitrogens with one attached hydrogen (secondary N) is 1. The highest BCUT2D eigenvalue weighted by Crippen LogP contribution is 2.32. The first-order valence-corrected chi connectivity index (χ1v) is 5.91. The second-order valence-corrected chi connectivity index (χ2v) is 5.39. The molecule has 3 heteroatoms. The summed E-state index contributed by atoms with van der Waals surface area (Å²) in [5, 5.41) is 9.93. The summed E-state index contributed by atoms with van der Waals surface area (Å²) in [6.07, 6.45) is 1.58. The molecule has 2 rings (SSSR count). The van der Waals surface area contributed by atoms with Gasteiger partial charge in [-0.3, -0.25) is 4.79 Å². The Balaban J connectivity index is 2.65. The summed E-state index contributed by atoms with van der Waals surface area (Å²) in [6.45, 7) is 6.29. The summed E-state index contributed by atoms with van der Waals surface area (Å²) in [6, 6.07) is 8.86. The molecule has 0 unspecified atom stereocenters. The van der Waals surface area contributed by atoms with Crippen molar-refractivity contribution in [2.24, 2.45) is 0 Å². The molecule has 0 radical (unpaired) electrons. The van der Waals surface area contributed by atoms with E-state index >= 15 is 0 Å². The number of H-pyrrole nitrogens is 1. The SMILES string of the molecule is CC(C)(C)c1ccc(O)c(-c2ccc[nH]c2=O)c1. The molecule has 94 valence electrons. The minimum absolute atomic E-state index is 0.0238. The van der Waals surface area contributed by atoms with E-state index in [1.807, 2.05) is 12.1 Å². The van der Waals surface area contributed by atoms with Crippen molar-refractivity contribution in [2.75, 3.05) is 0 Å². The number of phenolic OH excluding ortho intramolecular Hbond substituents is 1. The van der Waals surface area contributed by atoms with Crippen LogP contribution in [0.4, 0.5) is 0 Å². The molecular weight excluding hydrogens is 226 g/mol. The van der Waals surface area contributed by atoms with Gasteiger partial charge in [-0.1, -0.05) is 26.8 Å². The number of aromatic amines is 1. The van der Waals surface area contributed by atoms with Gasteiger partial charge in [0, 0.05) is 11.8 Å². The summed E-state index contributed by atoms with van der Waals surface area (Å²) in [4.78, 5) is 14.4. The fourth-order valence-corrected chi connectivity index (χ4v) is 1.85. The van der Waals surface area contributed by atoms with Crippen molar-refractivity contribution in [1.29, 1.82) is 0 Å². The molecule has 0 saturated carbocycles. The van der Waals surface area contributed by atoms with Crippen LogP contribution in [0.15, 0.2) is 41.3 Å². The second-order valence-electron chi connectivity index (χ2n) is 5.39. The smallest absolute Gasteiger partial charge is 0.255 e. The number of aromatic nitrogens is 1. The molecule has 2 aromatic rings. The summed E-state index contributed by atoms with van der Waals surface area (Å²) in [5.74, 6) is 0.125. The first-order chi connectivity index (χ1) is 8.39. The third-order valence-corrected chi connectivity index (χ3v) is 2.97. The van der Waals surface area contributed by atoms with Gasteiger partial charge in [-0.2, -0.15) is 0 Å². The Hall–Kier alpha value is -2.03. The van der Waals surface area contributed by atoms with Crippen LogP contribution in [0.3, 0.4) is 0 Å². The standard InChI is InChI=1S/C15H17NO2/c1-15(2,3)10-6-7-13(17)12(9-10)11-5-4-8-16-14(11)18/h4-9,17H,1-3H3,(H,16,18). The van der Waals surface area contributed by atoms with E-state index in [2.05, 4.69) is 25.8 Å². The van der Waals surface area contributed by atoms with Gasteiger partial charge in [0.25, 0.3) is 5.56 Å². The van der Waals surface area contributed by atoms with Gasteiger partial charge in [-0.05, 0) is 35.2 Å². The molecule has 0 saturated heterocycles. The predicted molar refractivity (Wildman–Crippen MR) is 72.9 cm³/mol. The maximum Gasteiger partial charge on any atom is 0.255 e. The predicted octanol–water partition coefficient (Wildman–Crippen LogP) is 3.05. The molecule has 0 aliphatic heterocycles. The zero-order chi connectivity index (χ0) is 13.3. The van der Waals surface area contributed by atoms with Crippen molar-refractivity contribution in [3.63, 3.8) is 0 Å². The molecular formula is C15H17NO2. The van der Waals surface area contributed by atoms with Crippen LogP contribution in [0.1, 0.15) is 26.3 Å². The summed E-state index contributed by atoms with van der Waals surface area (Å²) >= 11 is 0. The third kappa shape index (κ3) is 2.30. The van der Waals surface area contributed by atoms with Gasteiger partial charge in [0.15, 0.2) is 0 Å². The van der Waals surface area contributed by atoms with Crippen molar-refractivity contribution in [3.05, 3.63) is 52.4 Å². The van der Waals surface area contributed by atoms with Crippen LogP contribution in [0.25, 0.3) is 11.1 Å². The number of hydrogen-bond donors (Lipinski definition) is 2. The van der Waals surface area contributed by atoms with Crippen LogP contribution >= 0.6 is 0 Å². The van der Waals surface area contributed by atoms with Gasteiger partial charge in [0.2, 0.25) is 0 Å². The summed E-state index contributed by atoms with van der Waals surface area (Å²) in [7, 11) is 0. The Morgan fingerprint density at radius 2 is 1.83 bits per heavy atom. The van der Waals surface area contributed by atoms with E-state index in [1.54, 1.807) is 24.4 Å². The fraction of sp³-hybridized carbons (Fsp3) is 0.267. The zero-order valence-electron chi connectivity index (χ0n) is 10.8. The molecule has 2 N–H and O–H groups in total. The van der Waals surface area contributed by atoms with Gasteiger partial charge >= 0.3 is 0 Å². The molecule has 1 aromatic carbocycles. The normalized spacial score (nSPS) is 11.5. The lowest BCUT2D eigenvalue weighted by atomic mass is 9.85. The summed E-state index contributed by atoms with van der Waals surface area (Å²) in [5.41, 5.74) is 1.92. The molecule has 1 aromatic heterocycles. The minimum atomic E-state index is -0.196. The van der Waals surface area contributed by atoms with E-state index in [0.717, 1.165) is 5.56 Å². The Morgan fingerprint density at radius 3 is 2.44 bits per heavy atom. The highest BCUT2D eigenvalue weighted by Gasteiger charge is 2.17. The molecule has 3 nitrogen and oxygen atoms in total. The van der Waals surface area contributed by atoms with Crippen molar-refractivity contribution in [3.8, 4) is 16.9 Å². The number of rotatable bonds is 1. The van der Waals surface area contributed by atoms with E-state index < -0.39 is 0 Å². The molecule has 0 aliphatic carbocycles. The van der Waals surface area contributed by atoms with Crippen LogP contribution in [0.2, 0.25) is 0 Å². The van der Waals surface area contributed by atoms with Crippen LogP contribution < -0.4 is 5.56 Å². The molecule has 0 amide bonds. The van der Waals surface area contributed by atoms with Crippen molar-refractivity contribution in [1.82, 2.24) is 4.98 Å². The number of pyridine rings is 1. The number of phenols is 1. The van der Waals surface area contributed by atoms with Crippen LogP contribution in [-0.2, 0) is 5.41 Å². The zero-order valence-corrected chi connectivity index (χ0v) is 10.8. The van der Waals surface area contributed by atoms with Gasteiger partial charge in [0.05, 0.1) is 5.56 Å². The lowest BCUT2D eigenvalue weighted by Crippen LogP contribution is -2.12. The number of aromatic hydroxyl groups is 1. The number of benzene rings is 1. The van der Waals surface area contributed by atoms with Gasteiger partial charge in [0.1, 0.15) is 5.75 Å². The summed E-state index contributed by atoms with van der Waals surface area (Å²) < 4.78 is 0. The van der Waals surface area contributed by atoms with E-state index in [1.165, 1.54) is 0 Å². The Morgan fingerprint density at radius 1 is 1.11 bits per heavy atom. The molecule has 0 atom stereocenters. The molecule has 0 bridgehead atoms. The highest BCUT2D eigenvalue weighted by atomic mass is 16.3. The largest absolute Gasteiger partial charge is 0.507 e. The Labute approximate surface area is 106 Å². The average molecular weight is 243 g/mol. The molecule has 18 heavy (non-hydrogen) atoms. The van der Waals surface area contributed by atoms with Crippen LogP contribution in [0.5, 0.6) is 5.75 Å². The van der Waals surface area contributed by atoms with Crippen molar-refractivity contribution in [2.45, 2.75) is 26.2 Å². The number of hydrogen-bond acceptors (Lipinski definition) is 2. The molecule has 0 spiro atoms. The Bertz CT molecular complexity index is 621. The maximum absolute atomic E-state index is 11.8. The van der Waals surface area contributed by atoms with Gasteiger partial charge < -0.3 is 10.1 Å². The van der Waals surface area contributed by atoms with E-state index in [4.69, 9.17) is 0 Å². The highest BCUT2D eigenvalue weighted by molar-refractivity contribution is 5.70. The van der Waals surface area contributed by atoms with E-state index in [-0.39, 0.29) is 16.7 Å². The van der Waals surface area contributed by atoms with E-state index in [0.29, 0.717) is 11.1 Å². The fourth-order valence-electron chi connectivity index (χ4n) is 1.85. The lowest BCUT2D eigenvalue weighted by Gasteiger charge is -2.20. The van der Waals surface area contributed by atoms with Gasteiger partial charge in [-0.25, -0.2) is 0 Å². The lowest BCUT2D eigenvalue weighted by molar-refractivity contribution is 0.476. The first kappa shape index (κ1) is 12.4. The average Bonchev–Trinajstić information content (AvgIpc) is 2.29. The monoisotopic (exact) mass is 243 g/mol. The second kappa shape index (κ2) is 4.33. The van der Waals surface area contributed by atoms with Crippen molar-refractivity contribution < 1.29 is 5.11 Å².